The Morgan fingerprint density at radius 3 is 1.80 bits per heavy atom. The number of aryl methyl sites for hydroxylation is 1. The van der Waals surface area contributed by atoms with Gasteiger partial charge >= 0.3 is 63.3 Å². The number of hydrogen-bond donors (Lipinski definition) is 2. The van der Waals surface area contributed by atoms with Crippen LogP contribution in [0.5, 0.6) is 0 Å². The van der Waals surface area contributed by atoms with E-state index in [1.807, 2.05) is 6.92 Å². The molecule has 0 aliphatic heterocycles. The van der Waals surface area contributed by atoms with Crippen LogP contribution in [-0.2, 0) is 9.59 Å². The van der Waals surface area contributed by atoms with E-state index >= 15 is 0 Å². The van der Waals surface area contributed by atoms with E-state index in [9.17, 15) is 9.59 Å². The van der Waals surface area contributed by atoms with Gasteiger partial charge in [0.25, 0.3) is 0 Å². The molecule has 15 heavy (non-hydrogen) atoms. The Balaban J connectivity index is 0.00000196. The summed E-state index contributed by atoms with van der Waals surface area (Å²) in [6.07, 6.45) is 0. The van der Waals surface area contributed by atoms with Crippen LogP contribution in [0.4, 0.5) is 0 Å². The first-order valence-corrected chi connectivity index (χ1v) is 4.04. The van der Waals surface area contributed by atoms with Crippen LogP contribution in [0.25, 0.3) is 0 Å². The first kappa shape index (κ1) is 14.8. The quantitative estimate of drug-likeness (QED) is 0.593. The van der Waals surface area contributed by atoms with Crippen molar-refractivity contribution in [3.8, 4) is 0 Å². The summed E-state index contributed by atoms with van der Waals surface area (Å²) in [6.45, 7) is 1.85. The van der Waals surface area contributed by atoms with Crippen LogP contribution in [0.3, 0.4) is 0 Å². The Morgan fingerprint density at radius 2 is 1.47 bits per heavy atom. The van der Waals surface area contributed by atoms with Crippen molar-refractivity contribution in [2.24, 2.45) is 0 Å². The zero-order valence-corrected chi connectivity index (χ0v) is 7.60. The number of carbonyl (C=O) groups is 2. The molecule has 1 aromatic rings. The number of carboxylic acids is 2. The second-order valence-electron chi connectivity index (χ2n) is 3.02. The predicted molar refractivity (Wildman–Crippen MR) is 56.3 cm³/mol. The Labute approximate surface area is 130 Å². The molecule has 0 amide bonds. The van der Waals surface area contributed by atoms with Gasteiger partial charge in [0.05, 0.1) is 0 Å². The summed E-state index contributed by atoms with van der Waals surface area (Å²) in [7, 11) is 0. The summed E-state index contributed by atoms with van der Waals surface area (Å²) >= 11 is 0. The molecule has 0 saturated heterocycles. The third kappa shape index (κ3) is 4.04. The van der Waals surface area contributed by atoms with Gasteiger partial charge in [-0.05, 0) is 12.5 Å². The monoisotopic (exact) mass is 234 g/mol. The summed E-state index contributed by atoms with van der Waals surface area (Å²) < 4.78 is 0. The molecule has 2 N–H and O–H groups in total. The van der Waals surface area contributed by atoms with Crippen LogP contribution >= 0.6 is 0 Å². The maximum absolute atomic E-state index is 10.6. The van der Waals surface area contributed by atoms with Crippen LogP contribution in [0, 0.1) is 6.92 Å². The molecule has 0 atom stereocenters. The van der Waals surface area contributed by atoms with E-state index in [2.05, 4.69) is 0 Å². The van der Waals surface area contributed by atoms with Gasteiger partial charge < -0.3 is 10.2 Å². The third-order valence-electron chi connectivity index (χ3n) is 1.90. The summed E-state index contributed by atoms with van der Waals surface area (Å²) in [6, 6.07) is 6.41. The average Bonchev–Trinajstić information content (AvgIpc) is 2.07. The number of aliphatic carboxylic acids is 2. The van der Waals surface area contributed by atoms with E-state index in [1.54, 1.807) is 12.1 Å². The minimum absolute atomic E-state index is 0. The minimum atomic E-state index is -1.48. The van der Waals surface area contributed by atoms with Crippen molar-refractivity contribution in [1.82, 2.24) is 0 Å². The van der Waals surface area contributed by atoms with Crippen molar-refractivity contribution in [1.29, 1.82) is 0 Å². The Bertz CT molecular complexity index is 344. The average molecular weight is 234 g/mol. The molecule has 0 aliphatic carbocycles. The molecule has 0 unspecified atom stereocenters. The summed E-state index contributed by atoms with van der Waals surface area (Å²) in [4.78, 5) is 21.3. The number of rotatable bonds is 3. The van der Waals surface area contributed by atoms with Crippen LogP contribution < -0.4 is 0 Å². The molecular weight excluding hydrogens is 223 g/mol. The first-order chi connectivity index (χ1) is 6.52. The molecule has 5 heteroatoms. The molecular formula is C10H11KO4. The van der Waals surface area contributed by atoms with Crippen LogP contribution in [-0.4, -0.2) is 73.5 Å². The molecule has 0 saturated carbocycles. The van der Waals surface area contributed by atoms with Crippen molar-refractivity contribution in [2.45, 2.75) is 12.8 Å². The molecule has 0 aromatic heterocycles. The molecule has 0 fully saturated rings. The third-order valence-corrected chi connectivity index (χ3v) is 1.90. The second-order valence-corrected chi connectivity index (χ2v) is 3.02. The van der Waals surface area contributed by atoms with Crippen molar-refractivity contribution < 1.29 is 19.8 Å². The fourth-order valence-corrected chi connectivity index (χ4v) is 1.15. The van der Waals surface area contributed by atoms with Gasteiger partial charge in [0, 0.05) is 0 Å². The van der Waals surface area contributed by atoms with E-state index in [0.717, 1.165) is 5.56 Å². The summed E-state index contributed by atoms with van der Waals surface area (Å²) in [5.74, 6) is -4.17. The zero-order valence-electron chi connectivity index (χ0n) is 7.60. The van der Waals surface area contributed by atoms with Crippen molar-refractivity contribution in [2.75, 3.05) is 0 Å². The molecule has 0 spiro atoms. The van der Waals surface area contributed by atoms with Crippen LogP contribution in [0.15, 0.2) is 24.3 Å². The fraction of sp³-hybridized carbons (Fsp3) is 0.200. The molecule has 76 valence electrons. The fourth-order valence-electron chi connectivity index (χ4n) is 1.15. The van der Waals surface area contributed by atoms with Gasteiger partial charge in [-0.2, -0.15) is 0 Å². The SMILES string of the molecule is Cc1ccc(C(C(=O)O)C(=O)O)cc1.[KH]. The van der Waals surface area contributed by atoms with Crippen LogP contribution in [0.1, 0.15) is 17.0 Å². The molecule has 0 radical (unpaired) electrons. The predicted octanol–water partition coefficient (Wildman–Crippen LogP) is 0.599. The van der Waals surface area contributed by atoms with Gasteiger partial charge in [-0.15, -0.1) is 0 Å². The molecule has 0 heterocycles. The van der Waals surface area contributed by atoms with Gasteiger partial charge in [-0.1, -0.05) is 29.8 Å². The van der Waals surface area contributed by atoms with Crippen molar-refractivity contribution >= 4 is 63.3 Å². The standard InChI is InChI=1S/C10H10O4.K.H/c1-6-2-4-7(5-3-6)8(9(11)12)10(13)14;;/h2-5,8H,1H3,(H,11,12)(H,13,14);;. The zero-order chi connectivity index (χ0) is 10.7. The number of carboxylic acid groups (broad SMARTS) is 2. The molecule has 1 rings (SSSR count). The van der Waals surface area contributed by atoms with Crippen molar-refractivity contribution in [3.05, 3.63) is 35.4 Å². The van der Waals surface area contributed by atoms with Crippen LogP contribution in [0.2, 0.25) is 0 Å². The topological polar surface area (TPSA) is 74.6 Å². The van der Waals surface area contributed by atoms with E-state index < -0.39 is 17.9 Å². The van der Waals surface area contributed by atoms with E-state index in [1.165, 1.54) is 12.1 Å². The van der Waals surface area contributed by atoms with Gasteiger partial charge in [0.15, 0.2) is 5.92 Å². The van der Waals surface area contributed by atoms with Crippen molar-refractivity contribution in [3.63, 3.8) is 0 Å². The first-order valence-electron chi connectivity index (χ1n) is 4.04. The Morgan fingerprint density at radius 1 is 1.07 bits per heavy atom. The number of benzene rings is 1. The van der Waals surface area contributed by atoms with Gasteiger partial charge in [-0.25, -0.2) is 0 Å². The summed E-state index contributed by atoms with van der Waals surface area (Å²) in [5.41, 5.74) is 1.25. The molecule has 0 bridgehead atoms. The normalized spacial score (nSPS) is 9.47. The van der Waals surface area contributed by atoms with Gasteiger partial charge in [0.1, 0.15) is 0 Å². The Hall–Kier alpha value is -0.204. The Kier molecular flexibility index (Phi) is 6.31. The van der Waals surface area contributed by atoms with E-state index in [-0.39, 0.29) is 56.9 Å². The number of hydrogen-bond acceptors (Lipinski definition) is 2. The van der Waals surface area contributed by atoms with Gasteiger partial charge in [0.2, 0.25) is 0 Å². The summed E-state index contributed by atoms with van der Waals surface area (Å²) in [5, 5.41) is 17.4. The molecule has 4 nitrogen and oxygen atoms in total. The van der Waals surface area contributed by atoms with Gasteiger partial charge in [-0.3, -0.25) is 9.59 Å². The van der Waals surface area contributed by atoms with E-state index in [4.69, 9.17) is 10.2 Å². The molecule has 0 aliphatic rings. The second kappa shape index (κ2) is 6.39. The maximum atomic E-state index is 10.6. The van der Waals surface area contributed by atoms with E-state index in [0.29, 0.717) is 0 Å². The molecule has 1 aromatic carbocycles.